The van der Waals surface area contributed by atoms with Gasteiger partial charge in [-0.1, -0.05) is 23.2 Å². The molecule has 2 rings (SSSR count). The third-order valence-electron chi connectivity index (χ3n) is 2.42. The van der Waals surface area contributed by atoms with E-state index in [4.69, 9.17) is 23.2 Å². The van der Waals surface area contributed by atoms with Gasteiger partial charge in [-0.25, -0.2) is 4.98 Å². The molecule has 0 aliphatic carbocycles. The van der Waals surface area contributed by atoms with E-state index in [-0.39, 0.29) is 27.8 Å². The maximum Gasteiger partial charge on any atom is 0.271 e. The molecule has 18 heavy (non-hydrogen) atoms. The minimum atomic E-state index is -0.332. The first kappa shape index (κ1) is 13.3. The van der Waals surface area contributed by atoms with Crippen LogP contribution in [0.3, 0.4) is 0 Å². The average molecular weight is 301 g/mol. The Labute approximate surface area is 119 Å². The molecular weight excluding hydrogens is 291 g/mol. The number of hydrogen-bond acceptors (Lipinski definition) is 3. The van der Waals surface area contributed by atoms with Gasteiger partial charge in [0, 0.05) is 0 Å². The Morgan fingerprint density at radius 3 is 2.83 bits per heavy atom. The highest BCUT2D eigenvalue weighted by Gasteiger charge is 2.16. The molecule has 0 saturated heterocycles. The molecular formula is C12H10Cl2N2OS. The van der Waals surface area contributed by atoms with E-state index in [1.165, 1.54) is 0 Å². The summed E-state index contributed by atoms with van der Waals surface area (Å²) in [6.07, 6.45) is 0. The summed E-state index contributed by atoms with van der Waals surface area (Å²) in [4.78, 5) is 15.9. The highest BCUT2D eigenvalue weighted by Crippen LogP contribution is 2.19. The third kappa shape index (κ3) is 3.02. The van der Waals surface area contributed by atoms with Gasteiger partial charge in [0.05, 0.1) is 11.1 Å². The molecule has 0 saturated carbocycles. The fraction of sp³-hybridized carbons (Fsp3) is 0.167. The van der Waals surface area contributed by atoms with E-state index in [1.54, 1.807) is 23.5 Å². The number of hydrogen-bond donors (Lipinski definition) is 1. The summed E-state index contributed by atoms with van der Waals surface area (Å²) >= 11 is 13.3. The van der Waals surface area contributed by atoms with Gasteiger partial charge in [0.15, 0.2) is 0 Å². The fourth-order valence-electron chi connectivity index (χ4n) is 1.45. The van der Waals surface area contributed by atoms with Crippen molar-refractivity contribution in [1.29, 1.82) is 0 Å². The lowest BCUT2D eigenvalue weighted by molar-refractivity contribution is 0.0935. The van der Waals surface area contributed by atoms with Crippen LogP contribution < -0.4 is 5.32 Å². The number of nitrogens with one attached hydrogen (secondary N) is 1. The van der Waals surface area contributed by atoms with Crippen molar-refractivity contribution in [2.75, 3.05) is 0 Å². The molecule has 94 valence electrons. The van der Waals surface area contributed by atoms with E-state index in [9.17, 15) is 4.79 Å². The highest BCUT2D eigenvalue weighted by molar-refractivity contribution is 7.07. The van der Waals surface area contributed by atoms with Crippen molar-refractivity contribution in [3.8, 4) is 0 Å². The van der Waals surface area contributed by atoms with Crippen molar-refractivity contribution in [3.63, 3.8) is 0 Å². The van der Waals surface area contributed by atoms with E-state index in [0.29, 0.717) is 0 Å². The summed E-state index contributed by atoms with van der Waals surface area (Å²) in [6.45, 7) is 1.90. The molecule has 0 bridgehead atoms. The van der Waals surface area contributed by atoms with Gasteiger partial charge in [-0.15, -0.1) is 0 Å². The number of amides is 1. The zero-order valence-electron chi connectivity index (χ0n) is 9.48. The van der Waals surface area contributed by atoms with E-state index < -0.39 is 0 Å². The highest BCUT2D eigenvalue weighted by atomic mass is 35.5. The standard InChI is InChI=1S/C12H10Cl2N2OS/c1-7(8-4-5-18-6-8)15-12(17)11-9(13)2-3-10(14)16-11/h2-7H,1H3,(H,15,17). The Kier molecular flexibility index (Phi) is 4.22. The molecule has 1 atom stereocenters. The monoisotopic (exact) mass is 300 g/mol. The van der Waals surface area contributed by atoms with Gasteiger partial charge in [-0.2, -0.15) is 11.3 Å². The predicted molar refractivity (Wildman–Crippen MR) is 74.5 cm³/mol. The summed E-state index contributed by atoms with van der Waals surface area (Å²) in [7, 11) is 0. The van der Waals surface area contributed by atoms with Gasteiger partial charge in [-0.05, 0) is 41.4 Å². The van der Waals surface area contributed by atoms with Crippen LogP contribution in [-0.4, -0.2) is 10.9 Å². The van der Waals surface area contributed by atoms with Gasteiger partial charge in [0.25, 0.3) is 5.91 Å². The second kappa shape index (κ2) is 5.69. The van der Waals surface area contributed by atoms with Crippen molar-refractivity contribution in [1.82, 2.24) is 10.3 Å². The molecule has 2 aromatic rings. The number of pyridine rings is 1. The fourth-order valence-corrected chi connectivity index (χ4v) is 2.54. The quantitative estimate of drug-likeness (QED) is 0.872. The first-order valence-corrected chi connectivity index (χ1v) is 6.93. The summed E-state index contributed by atoms with van der Waals surface area (Å²) in [5.41, 5.74) is 1.19. The summed E-state index contributed by atoms with van der Waals surface area (Å²) < 4.78 is 0. The molecule has 2 aromatic heterocycles. The smallest absolute Gasteiger partial charge is 0.271 e. The summed E-state index contributed by atoms with van der Waals surface area (Å²) in [6, 6.07) is 4.97. The number of nitrogens with zero attached hydrogens (tertiary/aromatic N) is 1. The van der Waals surface area contributed by atoms with E-state index in [1.807, 2.05) is 23.8 Å². The second-order valence-electron chi connectivity index (χ2n) is 3.72. The number of aromatic nitrogens is 1. The van der Waals surface area contributed by atoms with Gasteiger partial charge in [0.1, 0.15) is 10.8 Å². The van der Waals surface area contributed by atoms with Crippen LogP contribution in [0.2, 0.25) is 10.2 Å². The lowest BCUT2D eigenvalue weighted by Gasteiger charge is -2.12. The molecule has 1 amide bonds. The largest absolute Gasteiger partial charge is 0.344 e. The maximum atomic E-state index is 12.0. The van der Waals surface area contributed by atoms with Crippen molar-refractivity contribution in [2.45, 2.75) is 13.0 Å². The summed E-state index contributed by atoms with van der Waals surface area (Å²) in [5.74, 6) is -0.332. The van der Waals surface area contributed by atoms with Crippen LogP contribution in [0, 0.1) is 0 Å². The summed E-state index contributed by atoms with van der Waals surface area (Å²) in [5, 5.41) is 7.30. The number of rotatable bonds is 3. The number of carbonyl (C=O) groups is 1. The number of thiophene rings is 1. The molecule has 1 N–H and O–H groups in total. The van der Waals surface area contributed by atoms with Gasteiger partial charge in [0.2, 0.25) is 0 Å². The lowest BCUT2D eigenvalue weighted by Crippen LogP contribution is -2.27. The van der Waals surface area contributed by atoms with Crippen LogP contribution in [0.5, 0.6) is 0 Å². The molecule has 0 radical (unpaired) electrons. The van der Waals surface area contributed by atoms with E-state index in [2.05, 4.69) is 10.3 Å². The molecule has 0 aliphatic heterocycles. The van der Waals surface area contributed by atoms with Crippen molar-refractivity contribution < 1.29 is 4.79 Å². The van der Waals surface area contributed by atoms with Crippen LogP contribution in [0.15, 0.2) is 29.0 Å². The average Bonchev–Trinajstić information content (AvgIpc) is 2.85. The van der Waals surface area contributed by atoms with Crippen LogP contribution in [-0.2, 0) is 0 Å². The topological polar surface area (TPSA) is 42.0 Å². The molecule has 2 heterocycles. The Bertz CT molecular complexity index is 557. The Morgan fingerprint density at radius 2 is 2.17 bits per heavy atom. The molecule has 6 heteroatoms. The molecule has 0 aliphatic rings. The molecule has 0 spiro atoms. The van der Waals surface area contributed by atoms with Crippen LogP contribution in [0.25, 0.3) is 0 Å². The molecule has 3 nitrogen and oxygen atoms in total. The molecule has 1 unspecified atom stereocenters. The normalized spacial score (nSPS) is 12.2. The van der Waals surface area contributed by atoms with Gasteiger partial charge < -0.3 is 5.32 Å². The molecule has 0 aromatic carbocycles. The Balaban J connectivity index is 2.15. The van der Waals surface area contributed by atoms with Crippen LogP contribution in [0.1, 0.15) is 29.0 Å². The van der Waals surface area contributed by atoms with Crippen LogP contribution >= 0.6 is 34.5 Å². The number of halogens is 2. The zero-order valence-corrected chi connectivity index (χ0v) is 11.8. The SMILES string of the molecule is CC(NC(=O)c1nc(Cl)ccc1Cl)c1ccsc1. The lowest BCUT2D eigenvalue weighted by atomic mass is 10.2. The molecule has 0 fully saturated rings. The first-order chi connectivity index (χ1) is 8.58. The van der Waals surface area contributed by atoms with Crippen molar-refractivity contribution in [2.24, 2.45) is 0 Å². The maximum absolute atomic E-state index is 12.0. The van der Waals surface area contributed by atoms with Crippen LogP contribution in [0.4, 0.5) is 0 Å². The van der Waals surface area contributed by atoms with E-state index in [0.717, 1.165) is 5.56 Å². The minimum absolute atomic E-state index is 0.0967. The number of carbonyl (C=O) groups excluding carboxylic acids is 1. The third-order valence-corrected chi connectivity index (χ3v) is 3.63. The predicted octanol–water partition coefficient (Wildman–Crippen LogP) is 3.94. The first-order valence-electron chi connectivity index (χ1n) is 5.23. The Hall–Kier alpha value is -1.10. The van der Waals surface area contributed by atoms with Gasteiger partial charge in [-0.3, -0.25) is 4.79 Å². The second-order valence-corrected chi connectivity index (χ2v) is 5.29. The zero-order chi connectivity index (χ0) is 13.1. The van der Waals surface area contributed by atoms with E-state index >= 15 is 0 Å². The van der Waals surface area contributed by atoms with Crippen molar-refractivity contribution >= 4 is 40.4 Å². The van der Waals surface area contributed by atoms with Crippen molar-refractivity contribution in [3.05, 3.63) is 50.4 Å². The Morgan fingerprint density at radius 1 is 1.39 bits per heavy atom. The van der Waals surface area contributed by atoms with Gasteiger partial charge >= 0.3 is 0 Å². The minimum Gasteiger partial charge on any atom is -0.344 e.